The first-order chi connectivity index (χ1) is 12.0. The molecule has 25 heavy (non-hydrogen) atoms. The van der Waals surface area contributed by atoms with Crippen molar-refractivity contribution >= 4 is 0 Å². The van der Waals surface area contributed by atoms with E-state index >= 15 is 0 Å². The van der Waals surface area contributed by atoms with Gasteiger partial charge in [0.2, 0.25) is 0 Å². The third-order valence-corrected chi connectivity index (χ3v) is 5.25. The number of ether oxygens (including phenoxy) is 2. The predicted octanol–water partition coefficient (Wildman–Crippen LogP) is 5.55. The van der Waals surface area contributed by atoms with Crippen molar-refractivity contribution in [1.82, 2.24) is 0 Å². The van der Waals surface area contributed by atoms with Gasteiger partial charge in [0.1, 0.15) is 0 Å². The van der Waals surface area contributed by atoms with Crippen LogP contribution in [0.25, 0.3) is 0 Å². The van der Waals surface area contributed by atoms with Crippen LogP contribution in [0, 0.1) is 5.41 Å². The number of aliphatic hydroxyl groups is 1. The van der Waals surface area contributed by atoms with Crippen molar-refractivity contribution in [2.75, 3.05) is 13.2 Å². The highest BCUT2D eigenvalue weighted by atomic mass is 16.8. The Morgan fingerprint density at radius 3 is 2.08 bits per heavy atom. The van der Waals surface area contributed by atoms with Gasteiger partial charge in [-0.15, -0.1) is 0 Å². The highest BCUT2D eigenvalue weighted by Gasteiger charge is 2.42. The molecule has 0 radical (unpaired) electrons. The van der Waals surface area contributed by atoms with E-state index in [0.29, 0.717) is 18.8 Å². The Kier molecular flexibility index (Phi) is 7.92. The van der Waals surface area contributed by atoms with Crippen LogP contribution in [0.3, 0.4) is 0 Å². The van der Waals surface area contributed by atoms with Crippen molar-refractivity contribution in [3.8, 4) is 0 Å². The minimum Gasteiger partial charge on any atom is -0.339 e. The lowest BCUT2D eigenvalue weighted by molar-refractivity contribution is -0.414. The van der Waals surface area contributed by atoms with Gasteiger partial charge < -0.3 is 14.6 Å². The second-order valence-electron chi connectivity index (χ2n) is 7.93. The van der Waals surface area contributed by atoms with Gasteiger partial charge in [-0.2, -0.15) is 0 Å². The summed E-state index contributed by atoms with van der Waals surface area (Å²) in [5.41, 5.74) is 2.00. The first kappa shape index (κ1) is 20.4. The lowest BCUT2D eigenvalue weighted by Crippen LogP contribution is -2.46. The zero-order chi connectivity index (χ0) is 18.2. The normalized spacial score (nSPS) is 26.7. The minimum absolute atomic E-state index is 0.000613. The highest BCUT2D eigenvalue weighted by Crippen LogP contribution is 2.37. The fourth-order valence-electron chi connectivity index (χ4n) is 3.38. The largest absolute Gasteiger partial charge is 0.339 e. The molecule has 1 aromatic carbocycles. The summed E-state index contributed by atoms with van der Waals surface area (Å²) in [7, 11) is 0. The van der Waals surface area contributed by atoms with Crippen molar-refractivity contribution in [3.05, 3.63) is 35.4 Å². The van der Waals surface area contributed by atoms with Crippen LogP contribution in [0.1, 0.15) is 83.3 Å². The van der Waals surface area contributed by atoms with Gasteiger partial charge in [-0.25, -0.2) is 0 Å². The maximum absolute atomic E-state index is 10.7. The molecule has 1 fully saturated rings. The van der Waals surface area contributed by atoms with Gasteiger partial charge in [-0.1, -0.05) is 83.6 Å². The molecule has 2 rings (SSSR count). The molecule has 3 heteroatoms. The van der Waals surface area contributed by atoms with Gasteiger partial charge in [0.05, 0.1) is 13.2 Å². The Morgan fingerprint density at radius 2 is 1.48 bits per heavy atom. The minimum atomic E-state index is -1.59. The Morgan fingerprint density at radius 1 is 0.880 bits per heavy atom. The first-order valence-corrected chi connectivity index (χ1v) is 10.1. The van der Waals surface area contributed by atoms with Gasteiger partial charge in [0.25, 0.3) is 0 Å². The fraction of sp³-hybridized carbons (Fsp3) is 0.727. The average molecular weight is 349 g/mol. The zero-order valence-corrected chi connectivity index (χ0v) is 16.4. The molecule has 0 saturated carbocycles. The lowest BCUT2D eigenvalue weighted by Gasteiger charge is -2.42. The van der Waals surface area contributed by atoms with E-state index < -0.39 is 5.97 Å². The summed E-state index contributed by atoms with van der Waals surface area (Å²) in [6.45, 7) is 7.69. The smallest absolute Gasteiger partial charge is 0.309 e. The van der Waals surface area contributed by atoms with Crippen molar-refractivity contribution in [2.45, 2.75) is 84.5 Å². The number of aryl methyl sites for hydroxylation is 1. The Hall–Kier alpha value is -0.900. The second-order valence-corrected chi connectivity index (χ2v) is 7.93. The highest BCUT2D eigenvalue weighted by molar-refractivity contribution is 5.25. The summed E-state index contributed by atoms with van der Waals surface area (Å²) in [5, 5.41) is 10.7. The molecule has 1 saturated heterocycles. The number of rotatable bonds is 10. The zero-order valence-electron chi connectivity index (χ0n) is 16.4. The van der Waals surface area contributed by atoms with Crippen molar-refractivity contribution in [1.29, 1.82) is 0 Å². The van der Waals surface area contributed by atoms with Crippen LogP contribution in [-0.4, -0.2) is 18.3 Å². The van der Waals surface area contributed by atoms with E-state index in [9.17, 15) is 5.11 Å². The van der Waals surface area contributed by atoms with E-state index in [0.717, 1.165) is 12.8 Å². The molecule has 0 spiro atoms. The van der Waals surface area contributed by atoms with Crippen LogP contribution < -0.4 is 0 Å². The van der Waals surface area contributed by atoms with Gasteiger partial charge >= 0.3 is 5.97 Å². The number of unbranched alkanes of at least 4 members (excludes halogenated alkanes) is 5. The molecule has 142 valence electrons. The summed E-state index contributed by atoms with van der Waals surface area (Å²) in [6.07, 6.45) is 10.9. The maximum atomic E-state index is 10.7. The molecular weight excluding hydrogens is 312 g/mol. The van der Waals surface area contributed by atoms with Gasteiger partial charge in [0, 0.05) is 11.0 Å². The van der Waals surface area contributed by atoms with Crippen molar-refractivity contribution in [3.63, 3.8) is 0 Å². The number of hydrogen-bond acceptors (Lipinski definition) is 3. The maximum Gasteiger partial charge on any atom is 0.309 e. The van der Waals surface area contributed by atoms with Crippen LogP contribution in [0.2, 0.25) is 0 Å². The SMILES string of the molecule is CCCCCCc1ccc(C2(O)OCC(C)(CCCCC)CO2)cc1. The van der Waals surface area contributed by atoms with E-state index in [1.807, 2.05) is 12.1 Å². The molecule has 0 aromatic heterocycles. The topological polar surface area (TPSA) is 38.7 Å². The molecule has 0 unspecified atom stereocenters. The molecule has 0 amide bonds. The second kappa shape index (κ2) is 9.70. The standard InChI is InChI=1S/C22H36O3/c1-4-6-8-9-11-19-12-14-20(15-13-19)22(23)24-17-21(3,18-25-22)16-10-7-5-2/h12-15,23H,4-11,16-18H2,1-3H3. The summed E-state index contributed by atoms with van der Waals surface area (Å²) in [4.78, 5) is 0. The van der Waals surface area contributed by atoms with Crippen LogP contribution in [-0.2, 0) is 21.9 Å². The summed E-state index contributed by atoms with van der Waals surface area (Å²) < 4.78 is 11.6. The molecule has 1 aliphatic heterocycles. The average Bonchev–Trinajstić information content (AvgIpc) is 2.63. The van der Waals surface area contributed by atoms with Gasteiger partial charge in [-0.05, 0) is 24.8 Å². The van der Waals surface area contributed by atoms with E-state index in [4.69, 9.17) is 9.47 Å². The molecular formula is C22H36O3. The Bertz CT molecular complexity index is 486. The van der Waals surface area contributed by atoms with Gasteiger partial charge in [0.15, 0.2) is 0 Å². The summed E-state index contributed by atoms with van der Waals surface area (Å²) in [6, 6.07) is 8.05. The molecule has 1 aromatic rings. The molecule has 1 heterocycles. The van der Waals surface area contributed by atoms with E-state index in [2.05, 4.69) is 32.9 Å². The molecule has 0 aliphatic carbocycles. The lowest BCUT2D eigenvalue weighted by atomic mass is 9.85. The monoisotopic (exact) mass is 348 g/mol. The molecule has 0 bridgehead atoms. The van der Waals surface area contributed by atoms with Crippen LogP contribution in [0.4, 0.5) is 0 Å². The Labute approximate surface area is 153 Å². The van der Waals surface area contributed by atoms with E-state index in [1.54, 1.807) is 0 Å². The van der Waals surface area contributed by atoms with Crippen molar-refractivity contribution < 1.29 is 14.6 Å². The predicted molar refractivity (Wildman–Crippen MR) is 102 cm³/mol. The van der Waals surface area contributed by atoms with Crippen molar-refractivity contribution in [2.24, 2.45) is 5.41 Å². The molecule has 0 atom stereocenters. The summed E-state index contributed by atoms with van der Waals surface area (Å²) >= 11 is 0. The number of hydrogen-bond donors (Lipinski definition) is 1. The quantitative estimate of drug-likeness (QED) is 0.564. The molecule has 3 nitrogen and oxygen atoms in total. The van der Waals surface area contributed by atoms with Crippen LogP contribution in [0.15, 0.2) is 24.3 Å². The molecule has 1 aliphatic rings. The van der Waals surface area contributed by atoms with E-state index in [1.165, 1.54) is 50.5 Å². The Balaban J connectivity index is 1.86. The third kappa shape index (κ3) is 6.09. The van der Waals surface area contributed by atoms with Gasteiger partial charge in [-0.3, -0.25) is 0 Å². The number of benzene rings is 1. The first-order valence-electron chi connectivity index (χ1n) is 10.1. The molecule has 1 N–H and O–H groups in total. The summed E-state index contributed by atoms with van der Waals surface area (Å²) in [5.74, 6) is -1.59. The van der Waals surface area contributed by atoms with Crippen LogP contribution in [0.5, 0.6) is 0 Å². The fourth-order valence-corrected chi connectivity index (χ4v) is 3.38. The van der Waals surface area contributed by atoms with E-state index in [-0.39, 0.29) is 5.41 Å². The third-order valence-electron chi connectivity index (χ3n) is 5.25. The van der Waals surface area contributed by atoms with Crippen LogP contribution >= 0.6 is 0 Å².